The Kier molecular flexibility index (Phi) is 3.94. The Morgan fingerprint density at radius 3 is 2.81 bits per heavy atom. The van der Waals surface area contributed by atoms with Gasteiger partial charge >= 0.3 is 0 Å². The van der Waals surface area contributed by atoms with Crippen LogP contribution in [0.15, 0.2) is 30.3 Å². The van der Waals surface area contributed by atoms with E-state index in [4.69, 9.17) is 16.3 Å². The van der Waals surface area contributed by atoms with Crippen molar-refractivity contribution in [1.29, 1.82) is 0 Å². The van der Waals surface area contributed by atoms with Crippen molar-refractivity contribution in [3.05, 3.63) is 40.2 Å². The molecule has 6 heteroatoms. The minimum Gasteiger partial charge on any atom is -0.437 e. The van der Waals surface area contributed by atoms with Crippen molar-refractivity contribution >= 4 is 39.1 Å². The second-order valence-corrected chi connectivity index (χ2v) is 5.94. The number of aryl methyl sites for hydroxylation is 1. The third kappa shape index (κ3) is 2.80. The average molecular weight is 320 g/mol. The van der Waals surface area contributed by atoms with Crippen LogP contribution >= 0.6 is 22.9 Å². The smallest absolute Gasteiger partial charge is 0.232 e. The summed E-state index contributed by atoms with van der Waals surface area (Å²) in [6.07, 6.45) is 0.960. The van der Waals surface area contributed by atoms with E-state index < -0.39 is 0 Å². The first-order chi connectivity index (χ1) is 10.2. The summed E-state index contributed by atoms with van der Waals surface area (Å²) < 4.78 is 5.91. The molecule has 0 saturated carbocycles. The highest BCUT2D eigenvalue weighted by Crippen LogP contribution is 2.36. The van der Waals surface area contributed by atoms with Gasteiger partial charge in [0.25, 0.3) is 0 Å². The predicted molar refractivity (Wildman–Crippen MR) is 87.9 cm³/mol. The van der Waals surface area contributed by atoms with Gasteiger partial charge in [0, 0.05) is 11.9 Å². The van der Waals surface area contributed by atoms with Gasteiger partial charge in [0.15, 0.2) is 0 Å². The van der Waals surface area contributed by atoms with Crippen molar-refractivity contribution in [3.8, 4) is 11.6 Å². The topological polar surface area (TPSA) is 47.0 Å². The maximum Gasteiger partial charge on any atom is 0.232 e. The fourth-order valence-electron chi connectivity index (χ4n) is 1.94. The fraction of sp³-hybridized carbons (Fsp3) is 0.200. The van der Waals surface area contributed by atoms with Crippen LogP contribution in [0.25, 0.3) is 10.2 Å². The molecule has 3 rings (SSSR count). The van der Waals surface area contributed by atoms with E-state index in [0.717, 1.165) is 16.6 Å². The molecule has 0 atom stereocenters. The molecule has 0 unspecified atom stereocenters. The number of hydrogen-bond donors (Lipinski definition) is 1. The summed E-state index contributed by atoms with van der Waals surface area (Å²) in [5, 5.41) is 4.43. The van der Waals surface area contributed by atoms with Crippen LogP contribution in [0.3, 0.4) is 0 Å². The average Bonchev–Trinajstić information content (AvgIpc) is 2.92. The summed E-state index contributed by atoms with van der Waals surface area (Å²) in [6, 6.07) is 9.43. The van der Waals surface area contributed by atoms with E-state index in [1.165, 1.54) is 4.88 Å². The summed E-state index contributed by atoms with van der Waals surface area (Å²) >= 11 is 7.80. The van der Waals surface area contributed by atoms with Crippen molar-refractivity contribution in [3.63, 3.8) is 0 Å². The quantitative estimate of drug-likeness (QED) is 0.754. The Labute approximate surface area is 131 Å². The number of benzene rings is 1. The van der Waals surface area contributed by atoms with Gasteiger partial charge in [0.2, 0.25) is 11.8 Å². The van der Waals surface area contributed by atoms with Crippen LogP contribution in [0.1, 0.15) is 11.8 Å². The van der Waals surface area contributed by atoms with Crippen molar-refractivity contribution in [2.75, 3.05) is 12.4 Å². The highest BCUT2D eigenvalue weighted by molar-refractivity contribution is 7.18. The molecule has 0 amide bonds. The molecule has 21 heavy (non-hydrogen) atoms. The SMILES string of the molecule is CCc1cc2c(Oc3ccccc3Cl)nc(NC)nc2s1. The second kappa shape index (κ2) is 5.87. The Balaban J connectivity index is 2.11. The number of anilines is 1. The van der Waals surface area contributed by atoms with Gasteiger partial charge in [-0.05, 0) is 24.6 Å². The van der Waals surface area contributed by atoms with Gasteiger partial charge in [0.05, 0.1) is 10.4 Å². The number of para-hydroxylation sites is 1. The van der Waals surface area contributed by atoms with E-state index in [0.29, 0.717) is 22.6 Å². The molecule has 2 heterocycles. The largest absolute Gasteiger partial charge is 0.437 e. The summed E-state index contributed by atoms with van der Waals surface area (Å²) in [5.41, 5.74) is 0. The molecule has 4 nitrogen and oxygen atoms in total. The normalized spacial score (nSPS) is 10.8. The molecule has 0 saturated heterocycles. The summed E-state index contributed by atoms with van der Waals surface area (Å²) in [5.74, 6) is 1.65. The molecule has 0 aliphatic carbocycles. The lowest BCUT2D eigenvalue weighted by Gasteiger charge is -2.08. The van der Waals surface area contributed by atoms with Crippen molar-refractivity contribution in [2.45, 2.75) is 13.3 Å². The van der Waals surface area contributed by atoms with Gasteiger partial charge < -0.3 is 10.1 Å². The van der Waals surface area contributed by atoms with Gasteiger partial charge in [-0.3, -0.25) is 0 Å². The lowest BCUT2D eigenvalue weighted by Crippen LogP contribution is -1.98. The molecule has 0 bridgehead atoms. The molecule has 0 spiro atoms. The first kappa shape index (κ1) is 14.1. The molecular formula is C15H14ClN3OS. The first-order valence-electron chi connectivity index (χ1n) is 6.62. The van der Waals surface area contributed by atoms with Crippen molar-refractivity contribution in [1.82, 2.24) is 9.97 Å². The standard InChI is InChI=1S/C15H14ClN3OS/c1-3-9-8-10-13(18-15(17-2)19-14(10)21-9)20-12-7-5-4-6-11(12)16/h4-8H,3H2,1-2H3,(H,17,18,19). The lowest BCUT2D eigenvalue weighted by atomic mass is 10.3. The van der Waals surface area contributed by atoms with Crippen LogP contribution in [0.5, 0.6) is 11.6 Å². The molecule has 0 radical (unpaired) electrons. The Bertz CT molecular complexity index is 788. The highest BCUT2D eigenvalue weighted by Gasteiger charge is 2.13. The molecule has 2 aromatic heterocycles. The monoisotopic (exact) mass is 319 g/mol. The Morgan fingerprint density at radius 2 is 2.10 bits per heavy atom. The van der Waals surface area contributed by atoms with Gasteiger partial charge in [-0.1, -0.05) is 30.7 Å². The van der Waals surface area contributed by atoms with Crippen LogP contribution in [-0.2, 0) is 6.42 Å². The van der Waals surface area contributed by atoms with Crippen molar-refractivity contribution < 1.29 is 4.74 Å². The number of nitrogens with zero attached hydrogens (tertiary/aromatic N) is 2. The summed E-state index contributed by atoms with van der Waals surface area (Å²) in [6.45, 7) is 2.12. The van der Waals surface area contributed by atoms with Gasteiger partial charge in [0.1, 0.15) is 10.6 Å². The number of thiophene rings is 1. The van der Waals surface area contributed by atoms with Gasteiger partial charge in [-0.15, -0.1) is 11.3 Å². The molecule has 1 aromatic carbocycles. The van der Waals surface area contributed by atoms with Crippen LogP contribution in [0.4, 0.5) is 5.95 Å². The molecule has 0 aliphatic heterocycles. The zero-order valence-electron chi connectivity index (χ0n) is 11.7. The van der Waals surface area contributed by atoms with E-state index in [-0.39, 0.29) is 0 Å². The summed E-state index contributed by atoms with van der Waals surface area (Å²) in [4.78, 5) is 11.0. The second-order valence-electron chi connectivity index (χ2n) is 4.42. The Hall–Kier alpha value is -1.85. The molecule has 108 valence electrons. The third-order valence-electron chi connectivity index (χ3n) is 3.02. The van der Waals surface area contributed by atoms with Crippen molar-refractivity contribution in [2.24, 2.45) is 0 Å². The van der Waals surface area contributed by atoms with Crippen LogP contribution in [0, 0.1) is 0 Å². The number of hydrogen-bond acceptors (Lipinski definition) is 5. The van der Waals surface area contributed by atoms with Gasteiger partial charge in [-0.25, -0.2) is 4.98 Å². The molecule has 0 fully saturated rings. The molecule has 3 aromatic rings. The van der Waals surface area contributed by atoms with E-state index in [1.54, 1.807) is 24.5 Å². The van der Waals surface area contributed by atoms with Crippen LogP contribution in [-0.4, -0.2) is 17.0 Å². The zero-order valence-corrected chi connectivity index (χ0v) is 13.3. The minimum atomic E-state index is 0.522. The Morgan fingerprint density at radius 1 is 1.29 bits per heavy atom. The van der Waals surface area contributed by atoms with Gasteiger partial charge in [-0.2, -0.15) is 4.98 Å². The number of fused-ring (bicyclic) bond motifs is 1. The first-order valence-corrected chi connectivity index (χ1v) is 7.81. The van der Waals surface area contributed by atoms with E-state index in [9.17, 15) is 0 Å². The van der Waals surface area contributed by atoms with Crippen LogP contribution in [0.2, 0.25) is 5.02 Å². The molecule has 0 aliphatic rings. The van der Waals surface area contributed by atoms with E-state index in [1.807, 2.05) is 18.2 Å². The van der Waals surface area contributed by atoms with E-state index >= 15 is 0 Å². The number of aromatic nitrogens is 2. The van der Waals surface area contributed by atoms with Crippen LogP contribution < -0.4 is 10.1 Å². The number of ether oxygens (including phenoxy) is 1. The fourth-order valence-corrected chi connectivity index (χ4v) is 3.07. The maximum absolute atomic E-state index is 6.15. The predicted octanol–water partition coefficient (Wildman–Crippen LogP) is 4.74. The number of rotatable bonds is 4. The highest BCUT2D eigenvalue weighted by atomic mass is 35.5. The number of nitrogens with one attached hydrogen (secondary N) is 1. The summed E-state index contributed by atoms with van der Waals surface area (Å²) in [7, 11) is 1.79. The third-order valence-corrected chi connectivity index (χ3v) is 4.51. The lowest BCUT2D eigenvalue weighted by molar-refractivity contribution is 0.469. The zero-order chi connectivity index (χ0) is 14.8. The number of halogens is 1. The molecular weight excluding hydrogens is 306 g/mol. The minimum absolute atomic E-state index is 0.522. The maximum atomic E-state index is 6.15. The molecule has 1 N–H and O–H groups in total. The van der Waals surface area contributed by atoms with E-state index in [2.05, 4.69) is 28.3 Å².